The lowest BCUT2D eigenvalue weighted by Gasteiger charge is -2.08. The van der Waals surface area contributed by atoms with Crippen LogP contribution < -0.4 is 0 Å². The highest BCUT2D eigenvalue weighted by Gasteiger charge is 2.13. The van der Waals surface area contributed by atoms with Crippen molar-refractivity contribution in [2.75, 3.05) is 0 Å². The van der Waals surface area contributed by atoms with E-state index in [4.69, 9.17) is 11.6 Å². The van der Waals surface area contributed by atoms with Crippen molar-refractivity contribution in [3.8, 4) is 5.69 Å². The second-order valence-electron chi connectivity index (χ2n) is 3.96. The first-order valence-electron chi connectivity index (χ1n) is 5.53. The van der Waals surface area contributed by atoms with Crippen LogP contribution in [0.4, 0.5) is 8.78 Å². The lowest BCUT2D eigenvalue weighted by Crippen LogP contribution is -2.00. The standard InChI is InChI=1S/C13H8ClF2N3/c14-6-13-18-11-7-17-4-3-12(11)19(13)8-1-2-9(15)10(16)5-8/h1-5,7H,6H2. The Kier molecular flexibility index (Phi) is 2.91. The zero-order chi connectivity index (χ0) is 13.4. The Morgan fingerprint density at radius 1 is 1.16 bits per heavy atom. The first-order chi connectivity index (χ1) is 9.20. The number of hydrogen-bond donors (Lipinski definition) is 0. The van der Waals surface area contributed by atoms with Gasteiger partial charge in [-0.2, -0.15) is 0 Å². The summed E-state index contributed by atoms with van der Waals surface area (Å²) < 4.78 is 28.0. The lowest BCUT2D eigenvalue weighted by molar-refractivity contribution is 0.508. The monoisotopic (exact) mass is 279 g/mol. The second-order valence-corrected chi connectivity index (χ2v) is 4.23. The molecule has 3 nitrogen and oxygen atoms in total. The summed E-state index contributed by atoms with van der Waals surface area (Å²) in [5.41, 5.74) is 1.88. The van der Waals surface area contributed by atoms with E-state index in [1.165, 1.54) is 6.07 Å². The molecule has 19 heavy (non-hydrogen) atoms. The van der Waals surface area contributed by atoms with Gasteiger partial charge in [-0.05, 0) is 18.2 Å². The van der Waals surface area contributed by atoms with E-state index in [1.54, 1.807) is 23.0 Å². The Morgan fingerprint density at radius 3 is 2.74 bits per heavy atom. The second kappa shape index (κ2) is 4.59. The molecule has 0 aliphatic carbocycles. The van der Waals surface area contributed by atoms with Crippen LogP contribution in [-0.2, 0) is 5.88 Å². The van der Waals surface area contributed by atoms with Crippen LogP contribution in [0.3, 0.4) is 0 Å². The maximum atomic E-state index is 13.4. The number of rotatable bonds is 2. The molecule has 0 spiro atoms. The third-order valence-corrected chi connectivity index (χ3v) is 3.05. The summed E-state index contributed by atoms with van der Waals surface area (Å²) in [4.78, 5) is 8.29. The maximum absolute atomic E-state index is 13.4. The predicted octanol–water partition coefficient (Wildman–Crippen LogP) is 3.44. The van der Waals surface area contributed by atoms with Gasteiger partial charge >= 0.3 is 0 Å². The van der Waals surface area contributed by atoms with Crippen molar-refractivity contribution in [1.82, 2.24) is 14.5 Å². The largest absolute Gasteiger partial charge is 0.295 e. The lowest BCUT2D eigenvalue weighted by atomic mass is 10.3. The number of hydrogen-bond acceptors (Lipinski definition) is 2. The minimum Gasteiger partial charge on any atom is -0.295 e. The third kappa shape index (κ3) is 1.96. The number of benzene rings is 1. The Hall–Kier alpha value is -2.01. The van der Waals surface area contributed by atoms with E-state index < -0.39 is 11.6 Å². The van der Waals surface area contributed by atoms with Gasteiger partial charge in [0.15, 0.2) is 11.6 Å². The van der Waals surface area contributed by atoms with Gasteiger partial charge in [0.05, 0.1) is 23.3 Å². The zero-order valence-corrected chi connectivity index (χ0v) is 10.4. The number of fused-ring (bicyclic) bond motifs is 1. The molecule has 0 atom stereocenters. The van der Waals surface area contributed by atoms with E-state index in [1.807, 2.05) is 0 Å². The van der Waals surface area contributed by atoms with Gasteiger partial charge in [-0.3, -0.25) is 9.55 Å². The van der Waals surface area contributed by atoms with Gasteiger partial charge < -0.3 is 0 Å². The average molecular weight is 280 g/mol. The third-order valence-electron chi connectivity index (χ3n) is 2.81. The highest BCUT2D eigenvalue weighted by atomic mass is 35.5. The molecule has 0 aliphatic heterocycles. The number of aromatic nitrogens is 3. The maximum Gasteiger partial charge on any atom is 0.160 e. The van der Waals surface area contributed by atoms with Crippen molar-refractivity contribution in [3.63, 3.8) is 0 Å². The van der Waals surface area contributed by atoms with Crippen LogP contribution >= 0.6 is 11.6 Å². The van der Waals surface area contributed by atoms with E-state index >= 15 is 0 Å². The fourth-order valence-corrected chi connectivity index (χ4v) is 2.16. The van der Waals surface area contributed by atoms with Gasteiger partial charge in [-0.1, -0.05) is 0 Å². The molecule has 0 unspecified atom stereocenters. The Bertz CT molecular complexity index is 755. The van der Waals surface area contributed by atoms with Crippen LogP contribution in [0, 0.1) is 11.6 Å². The summed E-state index contributed by atoms with van der Waals surface area (Å²) in [6, 6.07) is 5.43. The van der Waals surface area contributed by atoms with Crippen molar-refractivity contribution >= 4 is 22.6 Å². The first-order valence-corrected chi connectivity index (χ1v) is 6.07. The van der Waals surface area contributed by atoms with Gasteiger partial charge in [0, 0.05) is 12.3 Å². The number of imidazole rings is 1. The van der Waals surface area contributed by atoms with Crippen molar-refractivity contribution in [1.29, 1.82) is 0 Å². The number of halogens is 3. The molecule has 3 aromatic rings. The minimum atomic E-state index is -0.908. The predicted molar refractivity (Wildman–Crippen MR) is 68.3 cm³/mol. The summed E-state index contributed by atoms with van der Waals surface area (Å²) in [6.45, 7) is 0. The fraction of sp³-hybridized carbons (Fsp3) is 0.0769. The summed E-state index contributed by atoms with van der Waals surface area (Å²) >= 11 is 5.85. The zero-order valence-electron chi connectivity index (χ0n) is 9.65. The quantitative estimate of drug-likeness (QED) is 0.673. The number of nitrogens with zero attached hydrogens (tertiary/aromatic N) is 3. The van der Waals surface area contributed by atoms with Crippen molar-refractivity contribution in [2.24, 2.45) is 0 Å². The van der Waals surface area contributed by atoms with E-state index in [-0.39, 0.29) is 5.88 Å². The summed E-state index contributed by atoms with van der Waals surface area (Å²) in [7, 11) is 0. The normalized spacial score (nSPS) is 11.1. The van der Waals surface area contributed by atoms with Crippen LogP contribution in [0.25, 0.3) is 16.7 Å². The molecule has 2 aromatic heterocycles. The molecule has 96 valence electrons. The van der Waals surface area contributed by atoms with Crippen LogP contribution in [0.15, 0.2) is 36.7 Å². The number of alkyl halides is 1. The van der Waals surface area contributed by atoms with Gasteiger partial charge in [0.25, 0.3) is 0 Å². The molecule has 1 aromatic carbocycles. The highest BCUT2D eigenvalue weighted by molar-refractivity contribution is 6.17. The summed E-state index contributed by atoms with van der Waals surface area (Å²) in [5, 5.41) is 0. The fourth-order valence-electron chi connectivity index (χ4n) is 1.98. The first kappa shape index (κ1) is 12.0. The van der Waals surface area contributed by atoms with Crippen LogP contribution in [0.2, 0.25) is 0 Å². The molecule has 0 N–H and O–H groups in total. The van der Waals surface area contributed by atoms with E-state index in [9.17, 15) is 8.78 Å². The smallest absolute Gasteiger partial charge is 0.160 e. The molecular weight excluding hydrogens is 272 g/mol. The molecule has 0 fully saturated rings. The highest BCUT2D eigenvalue weighted by Crippen LogP contribution is 2.23. The van der Waals surface area contributed by atoms with Crippen molar-refractivity contribution in [3.05, 3.63) is 54.1 Å². The molecule has 0 saturated carbocycles. The van der Waals surface area contributed by atoms with Gasteiger partial charge in [-0.25, -0.2) is 13.8 Å². The van der Waals surface area contributed by atoms with Crippen LogP contribution in [0.1, 0.15) is 5.82 Å². The molecule has 0 radical (unpaired) electrons. The molecule has 3 rings (SSSR count). The summed E-state index contributed by atoms with van der Waals surface area (Å²) in [5.74, 6) is -1.08. The van der Waals surface area contributed by atoms with Crippen LogP contribution in [-0.4, -0.2) is 14.5 Å². The topological polar surface area (TPSA) is 30.7 Å². The Labute approximate surface area is 112 Å². The average Bonchev–Trinajstić information content (AvgIpc) is 2.80. The summed E-state index contributed by atoms with van der Waals surface area (Å²) in [6.07, 6.45) is 3.21. The van der Waals surface area contributed by atoms with Gasteiger partial charge in [0.1, 0.15) is 11.3 Å². The molecule has 0 saturated heterocycles. The van der Waals surface area contributed by atoms with E-state index in [0.29, 0.717) is 17.0 Å². The Balaban J connectivity index is 2.31. The van der Waals surface area contributed by atoms with Gasteiger partial charge in [-0.15, -0.1) is 11.6 Å². The van der Waals surface area contributed by atoms with Crippen molar-refractivity contribution < 1.29 is 8.78 Å². The van der Waals surface area contributed by atoms with E-state index in [0.717, 1.165) is 17.6 Å². The van der Waals surface area contributed by atoms with Crippen molar-refractivity contribution in [2.45, 2.75) is 5.88 Å². The molecule has 0 aliphatic rings. The number of pyridine rings is 1. The molecular formula is C13H8ClF2N3. The molecule has 2 heterocycles. The van der Waals surface area contributed by atoms with Gasteiger partial charge in [0.2, 0.25) is 0 Å². The van der Waals surface area contributed by atoms with Crippen LogP contribution in [0.5, 0.6) is 0 Å². The molecule has 6 heteroatoms. The SMILES string of the molecule is Fc1ccc(-n2c(CCl)nc3cnccc32)cc1F. The Morgan fingerprint density at radius 2 is 2.00 bits per heavy atom. The molecule has 0 bridgehead atoms. The molecule has 0 amide bonds. The minimum absolute atomic E-state index is 0.160. The van der Waals surface area contributed by atoms with E-state index in [2.05, 4.69) is 9.97 Å².